The standard InChI is InChI=1S/C28H36N2O5S/c1-6-30(16-28(5)12-11-22-19(4)24(31)17(2)18(3)25(22)35-28)13-14-34-21-9-7-20(8-10-21)15-23-26(32)29-27(33)36-23/h7-10,23,31H,6,11-16H2,1-5H3,(H,29,32,33). The van der Waals surface area contributed by atoms with E-state index in [1.54, 1.807) is 0 Å². The van der Waals surface area contributed by atoms with E-state index in [1.807, 2.05) is 45.0 Å². The van der Waals surface area contributed by atoms with Crippen molar-refractivity contribution in [2.75, 3.05) is 26.2 Å². The molecule has 0 saturated carbocycles. The Bertz CT molecular complexity index is 1150. The summed E-state index contributed by atoms with van der Waals surface area (Å²) in [6, 6.07) is 7.72. The van der Waals surface area contributed by atoms with Crippen molar-refractivity contribution in [2.45, 2.75) is 64.7 Å². The first kappa shape index (κ1) is 26.4. The summed E-state index contributed by atoms with van der Waals surface area (Å²) in [5.74, 6) is 1.88. The molecular formula is C28H36N2O5S. The zero-order valence-corrected chi connectivity index (χ0v) is 22.6. The average Bonchev–Trinajstić information content (AvgIpc) is 3.17. The Morgan fingerprint density at radius 3 is 2.53 bits per heavy atom. The smallest absolute Gasteiger partial charge is 0.286 e. The van der Waals surface area contributed by atoms with Crippen molar-refractivity contribution in [1.82, 2.24) is 10.2 Å². The topological polar surface area (TPSA) is 88.1 Å². The zero-order valence-electron chi connectivity index (χ0n) is 21.8. The third kappa shape index (κ3) is 5.65. The van der Waals surface area contributed by atoms with Gasteiger partial charge in [-0.25, -0.2) is 0 Å². The number of nitrogens with zero attached hydrogens (tertiary/aromatic N) is 1. The van der Waals surface area contributed by atoms with Gasteiger partial charge in [-0.15, -0.1) is 0 Å². The van der Waals surface area contributed by atoms with E-state index in [0.717, 1.165) is 83.6 Å². The number of phenols is 1. The first-order valence-corrected chi connectivity index (χ1v) is 13.4. The minimum atomic E-state index is -0.361. The fourth-order valence-corrected chi connectivity index (χ4v) is 5.84. The first-order chi connectivity index (χ1) is 17.1. The molecule has 0 aliphatic carbocycles. The minimum absolute atomic E-state index is 0.220. The highest BCUT2D eigenvalue weighted by molar-refractivity contribution is 8.15. The van der Waals surface area contributed by atoms with Crippen molar-refractivity contribution in [2.24, 2.45) is 0 Å². The molecule has 0 spiro atoms. The predicted octanol–water partition coefficient (Wildman–Crippen LogP) is 4.70. The van der Waals surface area contributed by atoms with Gasteiger partial charge >= 0.3 is 0 Å². The van der Waals surface area contributed by atoms with E-state index in [-0.39, 0.29) is 22.0 Å². The van der Waals surface area contributed by atoms with Crippen molar-refractivity contribution in [3.8, 4) is 17.2 Å². The van der Waals surface area contributed by atoms with Gasteiger partial charge in [-0.1, -0.05) is 30.8 Å². The van der Waals surface area contributed by atoms with Crippen LogP contribution >= 0.6 is 11.8 Å². The maximum absolute atomic E-state index is 11.8. The molecule has 2 aromatic carbocycles. The fourth-order valence-electron chi connectivity index (χ4n) is 4.98. The third-order valence-electron chi connectivity index (χ3n) is 7.39. The number of fused-ring (bicyclic) bond motifs is 1. The maximum Gasteiger partial charge on any atom is 0.286 e. The number of phenolic OH excluding ortho intramolecular Hbond substituents is 1. The van der Waals surface area contributed by atoms with Gasteiger partial charge in [0.05, 0.1) is 5.25 Å². The molecule has 194 valence electrons. The van der Waals surface area contributed by atoms with Gasteiger partial charge in [0.1, 0.15) is 29.5 Å². The molecule has 7 nitrogen and oxygen atoms in total. The van der Waals surface area contributed by atoms with Crippen LogP contribution in [-0.4, -0.2) is 58.2 Å². The lowest BCUT2D eigenvalue weighted by molar-refractivity contribution is -0.118. The molecule has 0 bridgehead atoms. The van der Waals surface area contributed by atoms with E-state index in [4.69, 9.17) is 9.47 Å². The lowest BCUT2D eigenvalue weighted by Gasteiger charge is -2.40. The van der Waals surface area contributed by atoms with Gasteiger partial charge < -0.3 is 14.6 Å². The highest BCUT2D eigenvalue weighted by atomic mass is 32.2. The lowest BCUT2D eigenvalue weighted by atomic mass is 9.87. The summed E-state index contributed by atoms with van der Waals surface area (Å²) in [5, 5.41) is 12.1. The highest BCUT2D eigenvalue weighted by Gasteiger charge is 2.36. The molecular weight excluding hydrogens is 476 g/mol. The predicted molar refractivity (Wildman–Crippen MR) is 142 cm³/mol. The van der Waals surface area contributed by atoms with E-state index in [0.29, 0.717) is 18.8 Å². The van der Waals surface area contributed by atoms with E-state index in [1.165, 1.54) is 0 Å². The van der Waals surface area contributed by atoms with Crippen LogP contribution in [0.25, 0.3) is 0 Å². The maximum atomic E-state index is 11.8. The number of benzene rings is 2. The molecule has 2 amide bonds. The number of ether oxygens (including phenoxy) is 2. The molecule has 1 fully saturated rings. The van der Waals surface area contributed by atoms with Gasteiger partial charge in [0, 0.05) is 18.7 Å². The van der Waals surface area contributed by atoms with Gasteiger partial charge in [-0.05, 0) is 87.9 Å². The molecule has 1 saturated heterocycles. The number of carbonyl (C=O) groups excluding carboxylic acids is 2. The quantitative estimate of drug-likeness (QED) is 0.504. The monoisotopic (exact) mass is 512 g/mol. The highest BCUT2D eigenvalue weighted by Crippen LogP contribution is 2.43. The van der Waals surface area contributed by atoms with Crippen LogP contribution in [0.5, 0.6) is 17.2 Å². The molecule has 2 unspecified atom stereocenters. The van der Waals surface area contributed by atoms with Crippen LogP contribution in [-0.2, 0) is 17.6 Å². The van der Waals surface area contributed by atoms with Gasteiger partial charge in [0.15, 0.2) is 0 Å². The molecule has 0 aromatic heterocycles. The number of thioether (sulfide) groups is 1. The number of carbonyl (C=O) groups is 2. The molecule has 4 rings (SSSR count). The SMILES string of the molecule is CCN(CCOc1ccc(CC2SC(=O)NC2=O)cc1)CC1(C)CCc2c(C)c(O)c(C)c(C)c2O1. The van der Waals surface area contributed by atoms with Crippen LogP contribution in [0.4, 0.5) is 4.79 Å². The Morgan fingerprint density at radius 1 is 1.17 bits per heavy atom. The van der Waals surface area contributed by atoms with Crippen LogP contribution in [0, 0.1) is 20.8 Å². The normalized spacial score (nSPS) is 21.3. The van der Waals surface area contributed by atoms with Crippen molar-refractivity contribution < 1.29 is 24.2 Å². The number of likely N-dealkylation sites (N-methyl/N-ethyl adjacent to an activating group) is 1. The molecule has 0 radical (unpaired) electrons. The molecule has 8 heteroatoms. The molecule has 2 aliphatic heterocycles. The van der Waals surface area contributed by atoms with Crippen molar-refractivity contribution >= 4 is 22.9 Å². The zero-order chi connectivity index (χ0) is 26.0. The van der Waals surface area contributed by atoms with Crippen molar-refractivity contribution in [1.29, 1.82) is 0 Å². The van der Waals surface area contributed by atoms with Crippen molar-refractivity contribution in [3.63, 3.8) is 0 Å². The minimum Gasteiger partial charge on any atom is -0.507 e. The van der Waals surface area contributed by atoms with Gasteiger partial charge in [0.25, 0.3) is 5.24 Å². The summed E-state index contributed by atoms with van der Waals surface area (Å²) in [7, 11) is 0. The van der Waals surface area contributed by atoms with Gasteiger partial charge in [0.2, 0.25) is 5.91 Å². The Hall–Kier alpha value is -2.71. The second-order valence-electron chi connectivity index (χ2n) is 10.0. The Labute approximate surface area is 217 Å². The summed E-state index contributed by atoms with van der Waals surface area (Å²) < 4.78 is 12.6. The Morgan fingerprint density at radius 2 is 1.89 bits per heavy atom. The summed E-state index contributed by atoms with van der Waals surface area (Å²) in [5.41, 5.74) is 4.66. The molecule has 2 aliphatic rings. The number of rotatable bonds is 9. The number of hydrogen-bond acceptors (Lipinski definition) is 7. The van der Waals surface area contributed by atoms with Crippen LogP contribution in [0.15, 0.2) is 24.3 Å². The second-order valence-corrected chi connectivity index (χ2v) is 11.2. The second kappa shape index (κ2) is 10.7. The van der Waals surface area contributed by atoms with E-state index < -0.39 is 0 Å². The lowest BCUT2D eigenvalue weighted by Crippen LogP contribution is -2.48. The summed E-state index contributed by atoms with van der Waals surface area (Å²) in [6.45, 7) is 13.3. The fraction of sp³-hybridized carbons (Fsp3) is 0.500. The average molecular weight is 513 g/mol. The molecule has 2 aromatic rings. The van der Waals surface area contributed by atoms with Crippen LogP contribution in [0.3, 0.4) is 0 Å². The van der Waals surface area contributed by atoms with Gasteiger partial charge in [-0.3, -0.25) is 19.8 Å². The molecule has 2 heterocycles. The van der Waals surface area contributed by atoms with Crippen molar-refractivity contribution in [3.05, 3.63) is 52.1 Å². The van der Waals surface area contributed by atoms with Crippen LogP contribution in [0.1, 0.15) is 48.1 Å². The number of nitrogens with one attached hydrogen (secondary N) is 1. The number of hydrogen-bond donors (Lipinski definition) is 2. The van der Waals surface area contributed by atoms with Crippen LogP contribution < -0.4 is 14.8 Å². The molecule has 36 heavy (non-hydrogen) atoms. The largest absolute Gasteiger partial charge is 0.507 e. The van der Waals surface area contributed by atoms with Crippen LogP contribution in [0.2, 0.25) is 0 Å². The summed E-state index contributed by atoms with van der Waals surface area (Å²) in [4.78, 5) is 25.5. The summed E-state index contributed by atoms with van der Waals surface area (Å²) in [6.07, 6.45) is 2.30. The number of aromatic hydroxyl groups is 1. The Kier molecular flexibility index (Phi) is 7.85. The van der Waals surface area contributed by atoms with Gasteiger partial charge in [-0.2, -0.15) is 0 Å². The van der Waals surface area contributed by atoms with E-state index in [2.05, 4.69) is 24.1 Å². The molecule has 2 N–H and O–H groups in total. The Balaban J connectivity index is 1.30. The molecule has 2 atom stereocenters. The number of imide groups is 1. The van der Waals surface area contributed by atoms with E-state index in [9.17, 15) is 14.7 Å². The van der Waals surface area contributed by atoms with E-state index >= 15 is 0 Å². The summed E-state index contributed by atoms with van der Waals surface area (Å²) >= 11 is 1.05. The number of amides is 2. The first-order valence-electron chi connectivity index (χ1n) is 12.6. The third-order valence-corrected chi connectivity index (χ3v) is 8.37.